The van der Waals surface area contributed by atoms with E-state index < -0.39 is 38.4 Å². The van der Waals surface area contributed by atoms with Gasteiger partial charge in [0, 0.05) is 19.3 Å². The van der Waals surface area contributed by atoms with Crippen LogP contribution in [0.1, 0.15) is 6.42 Å². The Kier molecular flexibility index (Phi) is 3.94. The van der Waals surface area contributed by atoms with E-state index in [0.29, 0.717) is 6.42 Å². The maximum Gasteiger partial charge on any atom is 0.322 e. The number of rotatable bonds is 2. The molecule has 0 saturated carbocycles. The van der Waals surface area contributed by atoms with Gasteiger partial charge in [0.15, 0.2) is 9.84 Å². The number of hydrogen-bond acceptors (Lipinski definition) is 3. The number of likely N-dealkylation sites (tertiary alicyclic amines) is 1. The first-order valence-electron chi connectivity index (χ1n) is 5.98. The fourth-order valence-corrected chi connectivity index (χ4v) is 3.05. The highest BCUT2D eigenvalue weighted by Gasteiger charge is 2.33. The molecule has 0 aliphatic carbocycles. The Bertz CT molecular complexity index is 613. The summed E-state index contributed by atoms with van der Waals surface area (Å²) in [5.74, 6) is -1.76. The topological polar surface area (TPSA) is 66.5 Å². The molecule has 8 heteroatoms. The summed E-state index contributed by atoms with van der Waals surface area (Å²) >= 11 is 0. The lowest BCUT2D eigenvalue weighted by molar-refractivity contribution is 0.222. The quantitative estimate of drug-likeness (QED) is 0.903. The first-order valence-corrected chi connectivity index (χ1v) is 7.93. The molecule has 5 nitrogen and oxygen atoms in total. The fraction of sp³-hybridized carbons (Fsp3) is 0.417. The number of benzene rings is 1. The van der Waals surface area contributed by atoms with Crippen LogP contribution in [0.15, 0.2) is 18.2 Å². The number of hydrogen-bond donors (Lipinski definition) is 1. The molecule has 1 N–H and O–H groups in total. The Morgan fingerprint density at radius 1 is 1.35 bits per heavy atom. The van der Waals surface area contributed by atoms with Crippen LogP contribution in [0.25, 0.3) is 0 Å². The zero-order chi connectivity index (χ0) is 14.9. The normalized spacial score (nSPS) is 19.1. The minimum Gasteiger partial charge on any atom is -0.323 e. The lowest BCUT2D eigenvalue weighted by Crippen LogP contribution is -2.35. The summed E-state index contributed by atoms with van der Waals surface area (Å²) in [7, 11) is -3.23. The predicted octanol–water partition coefficient (Wildman–Crippen LogP) is 1.62. The number of carbonyl (C=O) groups excluding carboxylic acids is 1. The molecule has 2 rings (SSSR count). The van der Waals surface area contributed by atoms with Crippen molar-refractivity contribution in [2.24, 2.45) is 0 Å². The van der Waals surface area contributed by atoms with Crippen molar-refractivity contribution in [2.75, 3.05) is 24.7 Å². The Hall–Kier alpha value is -1.70. The zero-order valence-corrected chi connectivity index (χ0v) is 11.6. The third-order valence-electron chi connectivity index (χ3n) is 3.23. The van der Waals surface area contributed by atoms with Gasteiger partial charge < -0.3 is 10.2 Å². The van der Waals surface area contributed by atoms with E-state index in [2.05, 4.69) is 5.32 Å². The molecule has 1 saturated heterocycles. The first kappa shape index (κ1) is 14.7. The van der Waals surface area contributed by atoms with Crippen molar-refractivity contribution in [1.29, 1.82) is 0 Å². The zero-order valence-electron chi connectivity index (χ0n) is 10.8. The van der Waals surface area contributed by atoms with Crippen LogP contribution in [0.2, 0.25) is 0 Å². The van der Waals surface area contributed by atoms with Gasteiger partial charge in [-0.15, -0.1) is 0 Å². The van der Waals surface area contributed by atoms with E-state index >= 15 is 0 Å². The van der Waals surface area contributed by atoms with E-state index in [1.807, 2.05) is 0 Å². The number of para-hydroxylation sites is 1. The lowest BCUT2D eigenvalue weighted by atomic mass is 10.3. The molecule has 0 radical (unpaired) electrons. The summed E-state index contributed by atoms with van der Waals surface area (Å²) in [5.41, 5.74) is -0.527. The summed E-state index contributed by atoms with van der Waals surface area (Å²) in [5, 5.41) is 1.51. The highest BCUT2D eigenvalue weighted by Crippen LogP contribution is 2.21. The van der Waals surface area contributed by atoms with Crippen LogP contribution in [0.3, 0.4) is 0 Å². The second kappa shape index (κ2) is 5.35. The molecule has 1 unspecified atom stereocenters. The van der Waals surface area contributed by atoms with E-state index in [1.165, 1.54) is 11.0 Å². The number of sulfone groups is 1. The van der Waals surface area contributed by atoms with Gasteiger partial charge in [0.05, 0.1) is 5.25 Å². The van der Waals surface area contributed by atoms with Gasteiger partial charge in [-0.25, -0.2) is 22.0 Å². The van der Waals surface area contributed by atoms with Crippen LogP contribution < -0.4 is 5.32 Å². The molecule has 0 bridgehead atoms. The van der Waals surface area contributed by atoms with Gasteiger partial charge in [0.2, 0.25) is 0 Å². The molecule has 1 aliphatic heterocycles. The van der Waals surface area contributed by atoms with Crippen molar-refractivity contribution >= 4 is 21.6 Å². The van der Waals surface area contributed by atoms with Gasteiger partial charge in [-0.3, -0.25) is 0 Å². The molecule has 20 heavy (non-hydrogen) atoms. The third-order valence-corrected chi connectivity index (χ3v) is 4.83. The number of nitrogens with one attached hydrogen (secondary N) is 1. The molecule has 1 fully saturated rings. The van der Waals surface area contributed by atoms with E-state index in [1.54, 1.807) is 0 Å². The molecule has 1 atom stereocenters. The predicted molar refractivity (Wildman–Crippen MR) is 70.2 cm³/mol. The number of amides is 2. The summed E-state index contributed by atoms with van der Waals surface area (Å²) in [6.07, 6.45) is 1.43. The number of urea groups is 1. The fourth-order valence-electron chi connectivity index (χ4n) is 2.07. The Balaban J connectivity index is 2.07. The molecule has 1 aromatic carbocycles. The molecule has 0 aromatic heterocycles. The number of anilines is 1. The van der Waals surface area contributed by atoms with Gasteiger partial charge in [0.1, 0.15) is 17.3 Å². The standard InChI is InChI=1S/C12H14F2N2O3S/c1-20(18,19)8-5-6-16(7-8)12(17)15-11-9(13)3-2-4-10(11)14/h2-4,8H,5-7H2,1H3,(H,15,17). The minimum atomic E-state index is -3.23. The molecular weight excluding hydrogens is 290 g/mol. The van der Waals surface area contributed by atoms with Crippen molar-refractivity contribution in [3.8, 4) is 0 Å². The van der Waals surface area contributed by atoms with Crippen molar-refractivity contribution < 1.29 is 22.0 Å². The van der Waals surface area contributed by atoms with Crippen LogP contribution >= 0.6 is 0 Å². The Labute approximate surface area is 115 Å². The largest absolute Gasteiger partial charge is 0.323 e. The molecule has 1 aromatic rings. The Morgan fingerprint density at radius 2 is 1.95 bits per heavy atom. The molecule has 110 valence electrons. The molecule has 2 amide bonds. The summed E-state index contributed by atoms with van der Waals surface area (Å²) < 4.78 is 49.6. The van der Waals surface area contributed by atoms with Gasteiger partial charge >= 0.3 is 6.03 Å². The minimum absolute atomic E-state index is 0.0285. The average Bonchev–Trinajstić information content (AvgIpc) is 2.83. The van der Waals surface area contributed by atoms with Crippen molar-refractivity contribution in [1.82, 2.24) is 4.90 Å². The molecule has 1 heterocycles. The SMILES string of the molecule is CS(=O)(=O)C1CCN(C(=O)Nc2c(F)cccc2F)C1. The van der Waals surface area contributed by atoms with Gasteiger partial charge in [-0.1, -0.05) is 6.07 Å². The summed E-state index contributed by atoms with van der Waals surface area (Å²) in [6.45, 7) is 0.264. The molecule has 1 aliphatic rings. The smallest absolute Gasteiger partial charge is 0.322 e. The summed E-state index contributed by atoms with van der Waals surface area (Å²) in [6, 6.07) is 2.54. The van der Waals surface area contributed by atoms with Crippen molar-refractivity contribution in [3.63, 3.8) is 0 Å². The van der Waals surface area contributed by atoms with Crippen molar-refractivity contribution in [3.05, 3.63) is 29.8 Å². The van der Waals surface area contributed by atoms with Gasteiger partial charge in [0.25, 0.3) is 0 Å². The van der Waals surface area contributed by atoms with Crippen LogP contribution in [0.4, 0.5) is 19.3 Å². The van der Waals surface area contributed by atoms with Crippen LogP contribution in [0, 0.1) is 11.6 Å². The molecular formula is C12H14F2N2O3S. The number of halogens is 2. The van der Waals surface area contributed by atoms with Crippen molar-refractivity contribution in [2.45, 2.75) is 11.7 Å². The second-order valence-electron chi connectivity index (χ2n) is 4.71. The highest BCUT2D eigenvalue weighted by molar-refractivity contribution is 7.91. The van der Waals surface area contributed by atoms with Crippen LogP contribution in [0.5, 0.6) is 0 Å². The van der Waals surface area contributed by atoms with Crippen LogP contribution in [-0.2, 0) is 9.84 Å². The first-order chi connectivity index (χ1) is 9.29. The van der Waals surface area contributed by atoms with Gasteiger partial charge in [-0.05, 0) is 18.6 Å². The highest BCUT2D eigenvalue weighted by atomic mass is 32.2. The van der Waals surface area contributed by atoms with Gasteiger partial charge in [-0.2, -0.15) is 0 Å². The Morgan fingerprint density at radius 3 is 2.45 bits per heavy atom. The number of nitrogens with zero attached hydrogens (tertiary/aromatic N) is 1. The average molecular weight is 304 g/mol. The number of carbonyl (C=O) groups is 1. The van der Waals surface area contributed by atoms with Crippen LogP contribution in [-0.4, -0.2) is 43.9 Å². The maximum absolute atomic E-state index is 13.4. The van der Waals surface area contributed by atoms with E-state index in [4.69, 9.17) is 0 Å². The van der Waals surface area contributed by atoms with E-state index in [9.17, 15) is 22.0 Å². The second-order valence-corrected chi connectivity index (χ2v) is 7.04. The monoisotopic (exact) mass is 304 g/mol. The maximum atomic E-state index is 13.4. The lowest BCUT2D eigenvalue weighted by Gasteiger charge is -2.17. The van der Waals surface area contributed by atoms with E-state index in [0.717, 1.165) is 18.4 Å². The van der Waals surface area contributed by atoms with E-state index in [-0.39, 0.29) is 13.1 Å². The molecule has 0 spiro atoms. The summed E-state index contributed by atoms with van der Waals surface area (Å²) in [4.78, 5) is 13.1. The third kappa shape index (κ3) is 3.06.